The molecule has 1 aromatic carbocycles. The Balaban J connectivity index is 1.75. The van der Waals surface area contributed by atoms with E-state index in [0.29, 0.717) is 35.5 Å². The Kier molecular flexibility index (Phi) is 2.73. The normalized spacial score (nSPS) is 37.8. The van der Waals surface area contributed by atoms with E-state index in [0.717, 1.165) is 37.7 Å². The summed E-state index contributed by atoms with van der Waals surface area (Å²) in [7, 11) is 0. The number of phenolic OH excluding ortho intramolecular Hbond substituents is 1. The molecule has 0 saturated heterocycles. The molecular formula is C18H21FO2. The van der Waals surface area contributed by atoms with Crippen LogP contribution >= 0.6 is 0 Å². The molecule has 2 nitrogen and oxygen atoms in total. The van der Waals surface area contributed by atoms with Crippen molar-refractivity contribution in [2.75, 3.05) is 0 Å². The topological polar surface area (TPSA) is 37.3 Å². The average Bonchev–Trinajstić information content (AvgIpc) is 2.78. The number of fused-ring (bicyclic) bond motifs is 5. The van der Waals surface area contributed by atoms with Gasteiger partial charge in [-0.15, -0.1) is 0 Å². The Bertz CT molecular complexity index is 624. The van der Waals surface area contributed by atoms with Crippen molar-refractivity contribution in [3.8, 4) is 5.75 Å². The van der Waals surface area contributed by atoms with Gasteiger partial charge in [-0.3, -0.25) is 4.79 Å². The van der Waals surface area contributed by atoms with Crippen LogP contribution in [0.2, 0.25) is 0 Å². The van der Waals surface area contributed by atoms with Crippen molar-refractivity contribution in [1.82, 2.24) is 0 Å². The highest BCUT2D eigenvalue weighted by Crippen LogP contribution is 2.59. The molecule has 21 heavy (non-hydrogen) atoms. The zero-order valence-electron chi connectivity index (χ0n) is 12.4. The number of carbonyl (C=O) groups excluding carboxylic acids is 1. The summed E-state index contributed by atoms with van der Waals surface area (Å²) < 4.78 is 14.1. The summed E-state index contributed by atoms with van der Waals surface area (Å²) in [4.78, 5) is 12.3. The molecule has 3 unspecified atom stereocenters. The van der Waals surface area contributed by atoms with E-state index in [1.165, 1.54) is 6.07 Å². The van der Waals surface area contributed by atoms with Crippen LogP contribution in [0.3, 0.4) is 0 Å². The number of carbonyl (C=O) groups is 1. The largest absolute Gasteiger partial charge is 0.505 e. The highest BCUT2D eigenvalue weighted by molar-refractivity contribution is 5.87. The predicted molar refractivity (Wildman–Crippen MR) is 77.7 cm³/mol. The van der Waals surface area contributed by atoms with Gasteiger partial charge in [0.1, 0.15) is 5.78 Å². The van der Waals surface area contributed by atoms with Crippen LogP contribution in [0.15, 0.2) is 12.1 Å². The number of ketones is 1. The standard InChI is InChI=1S/C18H21FO2/c1-18-9-8-11-10-4-6-15(20)17(19)13(10)3-2-12(11)14(18)5-7-16(18)21/h4,6,11-12,14,20H,2-3,5,7-9H2,1H3/t11?,12?,14?,18-/m0/s1/i19-1. The maximum Gasteiger partial charge on any atom is 0.168 e. The number of Topliss-reactive ketones (excluding diaryl/α,β-unsaturated/α-hetero) is 1. The summed E-state index contributed by atoms with van der Waals surface area (Å²) in [6.45, 7) is 2.15. The first-order valence-corrected chi connectivity index (χ1v) is 8.06. The molecule has 3 heteroatoms. The van der Waals surface area contributed by atoms with E-state index in [1.54, 1.807) is 0 Å². The molecule has 0 heterocycles. The third-order valence-corrected chi connectivity index (χ3v) is 6.53. The minimum atomic E-state index is -0.429. The van der Waals surface area contributed by atoms with Gasteiger partial charge in [-0.1, -0.05) is 13.0 Å². The molecule has 4 atom stereocenters. The molecule has 0 bridgehead atoms. The molecule has 112 valence electrons. The Hall–Kier alpha value is -1.38. The fourth-order valence-corrected chi connectivity index (χ4v) is 5.38. The number of hydrogen-bond acceptors (Lipinski definition) is 2. The molecule has 0 amide bonds. The molecule has 0 aromatic heterocycles. The molecule has 1 aromatic rings. The van der Waals surface area contributed by atoms with E-state index in [9.17, 15) is 14.3 Å². The summed E-state index contributed by atoms with van der Waals surface area (Å²) >= 11 is 0. The molecule has 1 N–H and O–H groups in total. The highest BCUT2D eigenvalue weighted by atomic mass is 18.2. The van der Waals surface area contributed by atoms with Gasteiger partial charge in [0.2, 0.25) is 0 Å². The van der Waals surface area contributed by atoms with E-state index in [-0.39, 0.29) is 11.2 Å². The summed E-state index contributed by atoms with van der Waals surface area (Å²) in [6.07, 6.45) is 5.27. The van der Waals surface area contributed by atoms with Crippen LogP contribution in [0.5, 0.6) is 5.75 Å². The lowest BCUT2D eigenvalue weighted by molar-refractivity contribution is -0.129. The number of halogens is 1. The quantitative estimate of drug-likeness (QED) is 0.784. The van der Waals surface area contributed by atoms with Crippen molar-refractivity contribution < 1.29 is 14.3 Å². The van der Waals surface area contributed by atoms with Crippen molar-refractivity contribution >= 4 is 5.78 Å². The molecule has 2 saturated carbocycles. The second kappa shape index (κ2) is 4.31. The van der Waals surface area contributed by atoms with Gasteiger partial charge in [-0.05, 0) is 67.1 Å². The van der Waals surface area contributed by atoms with Gasteiger partial charge in [0.05, 0.1) is 0 Å². The third-order valence-electron chi connectivity index (χ3n) is 6.53. The maximum absolute atomic E-state index is 14.1. The minimum absolute atomic E-state index is 0.131. The lowest BCUT2D eigenvalue weighted by Gasteiger charge is -2.48. The second-order valence-corrected chi connectivity index (χ2v) is 7.30. The first-order chi connectivity index (χ1) is 10.0. The highest BCUT2D eigenvalue weighted by Gasteiger charge is 2.54. The van der Waals surface area contributed by atoms with Crippen LogP contribution in [-0.4, -0.2) is 10.9 Å². The average molecular weight is 287 g/mol. The fraction of sp³-hybridized carbons (Fsp3) is 0.611. The van der Waals surface area contributed by atoms with Crippen molar-refractivity contribution in [3.05, 3.63) is 29.1 Å². The van der Waals surface area contributed by atoms with Gasteiger partial charge in [0.15, 0.2) is 11.6 Å². The van der Waals surface area contributed by atoms with Crippen LogP contribution in [0.25, 0.3) is 0 Å². The van der Waals surface area contributed by atoms with Crippen molar-refractivity contribution in [3.63, 3.8) is 0 Å². The molecule has 0 radical (unpaired) electrons. The molecule has 3 aliphatic rings. The van der Waals surface area contributed by atoms with Crippen molar-refractivity contribution in [2.24, 2.45) is 17.3 Å². The Morgan fingerprint density at radius 2 is 2.05 bits per heavy atom. The minimum Gasteiger partial charge on any atom is -0.505 e. The van der Waals surface area contributed by atoms with Gasteiger partial charge in [-0.2, -0.15) is 0 Å². The van der Waals surface area contributed by atoms with Crippen molar-refractivity contribution in [2.45, 2.75) is 51.4 Å². The SMILES string of the molecule is C[C@]12CCC3c4ccc(O)c([18F])c4CCC3C1CCC2=O. The van der Waals surface area contributed by atoms with Crippen LogP contribution in [0, 0.1) is 23.1 Å². The monoisotopic (exact) mass is 287 g/mol. The Labute approximate surface area is 124 Å². The summed E-state index contributed by atoms with van der Waals surface area (Å²) in [5.74, 6) is 1.12. The molecule has 4 rings (SSSR count). The van der Waals surface area contributed by atoms with Crippen LogP contribution in [0.1, 0.15) is 56.1 Å². The maximum atomic E-state index is 14.1. The molecule has 0 aliphatic heterocycles. The number of aromatic hydroxyl groups is 1. The van der Waals surface area contributed by atoms with Gasteiger partial charge >= 0.3 is 0 Å². The number of benzene rings is 1. The smallest absolute Gasteiger partial charge is 0.168 e. The zero-order chi connectivity index (χ0) is 14.8. The van der Waals surface area contributed by atoms with Crippen LogP contribution in [-0.2, 0) is 11.2 Å². The number of hydrogen-bond donors (Lipinski definition) is 1. The Morgan fingerprint density at radius 1 is 1.24 bits per heavy atom. The lowest BCUT2D eigenvalue weighted by Crippen LogP contribution is -2.42. The molecular weight excluding hydrogens is 266 g/mol. The van der Waals surface area contributed by atoms with Gasteiger partial charge in [0.25, 0.3) is 0 Å². The third kappa shape index (κ3) is 1.66. The summed E-state index contributed by atoms with van der Waals surface area (Å²) in [5, 5.41) is 9.58. The first kappa shape index (κ1) is 13.3. The molecule has 0 spiro atoms. The van der Waals surface area contributed by atoms with Gasteiger partial charge in [-0.25, -0.2) is 4.39 Å². The Morgan fingerprint density at radius 3 is 2.86 bits per heavy atom. The van der Waals surface area contributed by atoms with E-state index in [4.69, 9.17) is 0 Å². The summed E-state index contributed by atoms with van der Waals surface area (Å²) in [6, 6.07) is 3.40. The van der Waals surface area contributed by atoms with E-state index >= 15 is 0 Å². The summed E-state index contributed by atoms with van der Waals surface area (Å²) in [5.41, 5.74) is 1.67. The van der Waals surface area contributed by atoms with E-state index in [2.05, 4.69) is 6.92 Å². The van der Waals surface area contributed by atoms with E-state index in [1.807, 2.05) is 6.07 Å². The molecule has 2 fully saturated rings. The van der Waals surface area contributed by atoms with Crippen LogP contribution in [0.4, 0.5) is 4.39 Å². The van der Waals surface area contributed by atoms with Gasteiger partial charge < -0.3 is 5.11 Å². The molecule has 3 aliphatic carbocycles. The van der Waals surface area contributed by atoms with Gasteiger partial charge in [0, 0.05) is 11.8 Å². The first-order valence-electron chi connectivity index (χ1n) is 8.06. The lowest BCUT2D eigenvalue weighted by atomic mass is 9.55. The zero-order valence-corrected chi connectivity index (χ0v) is 12.4. The second-order valence-electron chi connectivity index (χ2n) is 7.30. The predicted octanol–water partition coefficient (Wildman–Crippen LogP) is 3.96. The van der Waals surface area contributed by atoms with Crippen molar-refractivity contribution in [1.29, 1.82) is 0 Å². The fourth-order valence-electron chi connectivity index (χ4n) is 5.38. The number of phenols is 1. The number of rotatable bonds is 0. The van der Waals surface area contributed by atoms with Crippen LogP contribution < -0.4 is 0 Å². The van der Waals surface area contributed by atoms with E-state index < -0.39 is 5.82 Å².